The van der Waals surface area contributed by atoms with Crippen LogP contribution in [0.2, 0.25) is 0 Å². The Balaban J connectivity index is 1.57. The zero-order valence-corrected chi connectivity index (χ0v) is 18.9. The lowest BCUT2D eigenvalue weighted by Gasteiger charge is -2.13. The van der Waals surface area contributed by atoms with Crippen LogP contribution in [0.5, 0.6) is 0 Å². The maximum absolute atomic E-state index is 12.6. The second kappa shape index (κ2) is 10.1. The van der Waals surface area contributed by atoms with Crippen molar-refractivity contribution in [1.82, 2.24) is 20.4 Å². The van der Waals surface area contributed by atoms with Crippen molar-refractivity contribution in [2.24, 2.45) is 0 Å². The fourth-order valence-electron chi connectivity index (χ4n) is 2.86. The minimum Gasteiger partial charge on any atom is -0.462 e. The Bertz CT molecular complexity index is 1140. The van der Waals surface area contributed by atoms with Crippen molar-refractivity contribution in [2.45, 2.75) is 40.2 Å². The van der Waals surface area contributed by atoms with E-state index in [1.807, 2.05) is 0 Å². The molecule has 0 aliphatic carbocycles. The maximum Gasteiger partial charge on any atom is 0.350 e. The van der Waals surface area contributed by atoms with Crippen LogP contribution in [0.3, 0.4) is 0 Å². The molecule has 2 amide bonds. The van der Waals surface area contributed by atoms with Crippen molar-refractivity contribution in [3.8, 4) is 11.4 Å². The number of hydrogen-bond donors (Lipinski definition) is 2. The summed E-state index contributed by atoms with van der Waals surface area (Å²) < 4.78 is 9.95. The summed E-state index contributed by atoms with van der Waals surface area (Å²) in [7, 11) is 0. The zero-order chi connectivity index (χ0) is 23.3. The van der Waals surface area contributed by atoms with E-state index < -0.39 is 12.0 Å². The fraction of sp³-hybridized carbons (Fsp3) is 0.333. The Labute approximate surface area is 188 Å². The molecule has 0 saturated heterocycles. The summed E-state index contributed by atoms with van der Waals surface area (Å²) in [6.45, 7) is 7.05. The van der Waals surface area contributed by atoms with Gasteiger partial charge in [0.05, 0.1) is 12.3 Å². The molecule has 10 nitrogen and oxygen atoms in total. The quantitative estimate of drug-likeness (QED) is 0.492. The van der Waals surface area contributed by atoms with Crippen molar-refractivity contribution in [2.75, 3.05) is 11.9 Å². The minimum absolute atomic E-state index is 0.0306. The summed E-state index contributed by atoms with van der Waals surface area (Å²) >= 11 is 1.05. The molecule has 32 heavy (non-hydrogen) atoms. The van der Waals surface area contributed by atoms with E-state index in [2.05, 4.69) is 25.8 Å². The highest BCUT2D eigenvalue weighted by Crippen LogP contribution is 2.23. The minimum atomic E-state index is -0.471. The van der Waals surface area contributed by atoms with Crippen LogP contribution >= 0.6 is 11.3 Å². The van der Waals surface area contributed by atoms with Gasteiger partial charge >= 0.3 is 5.97 Å². The van der Waals surface area contributed by atoms with Crippen LogP contribution in [0.4, 0.5) is 5.13 Å². The Morgan fingerprint density at radius 1 is 1.22 bits per heavy atom. The Morgan fingerprint density at radius 3 is 2.69 bits per heavy atom. The van der Waals surface area contributed by atoms with Crippen LogP contribution in [-0.2, 0) is 9.53 Å². The molecule has 0 bridgehead atoms. The molecule has 1 atom stereocenters. The largest absolute Gasteiger partial charge is 0.462 e. The van der Waals surface area contributed by atoms with Crippen LogP contribution in [0, 0.1) is 13.8 Å². The lowest BCUT2D eigenvalue weighted by Crippen LogP contribution is -2.35. The third-order valence-corrected chi connectivity index (χ3v) is 5.34. The van der Waals surface area contributed by atoms with Crippen LogP contribution in [-0.4, -0.2) is 45.6 Å². The summed E-state index contributed by atoms with van der Waals surface area (Å²) in [6.07, 6.45) is 0.0306. The van der Waals surface area contributed by atoms with Gasteiger partial charge in [0.15, 0.2) is 5.13 Å². The van der Waals surface area contributed by atoms with Gasteiger partial charge in [0, 0.05) is 30.5 Å². The molecule has 0 spiro atoms. The highest BCUT2D eigenvalue weighted by atomic mass is 32.1. The number of nitrogens with one attached hydrogen (secondary N) is 2. The predicted octanol–water partition coefficient (Wildman–Crippen LogP) is 3.13. The molecule has 0 radical (unpaired) electrons. The first-order valence-corrected chi connectivity index (χ1v) is 10.7. The third-order valence-electron chi connectivity index (χ3n) is 4.28. The molecule has 0 unspecified atom stereocenters. The van der Waals surface area contributed by atoms with Crippen molar-refractivity contribution < 1.29 is 23.6 Å². The third kappa shape index (κ3) is 5.76. The first kappa shape index (κ1) is 23.1. The molecular formula is C21H23N5O5S. The number of aromatic nitrogens is 3. The van der Waals surface area contributed by atoms with Crippen molar-refractivity contribution in [1.29, 1.82) is 0 Å². The van der Waals surface area contributed by atoms with Gasteiger partial charge in [-0.25, -0.2) is 9.78 Å². The molecule has 0 fully saturated rings. The van der Waals surface area contributed by atoms with E-state index in [0.717, 1.165) is 11.3 Å². The zero-order valence-electron chi connectivity index (χ0n) is 18.1. The molecule has 0 aliphatic heterocycles. The fourth-order valence-corrected chi connectivity index (χ4v) is 3.73. The van der Waals surface area contributed by atoms with Gasteiger partial charge in [-0.3, -0.25) is 9.59 Å². The number of anilines is 1. The van der Waals surface area contributed by atoms with Gasteiger partial charge in [0.1, 0.15) is 4.88 Å². The number of thiazole rings is 1. The van der Waals surface area contributed by atoms with Crippen molar-refractivity contribution in [3.63, 3.8) is 0 Å². The molecule has 1 aromatic carbocycles. The summed E-state index contributed by atoms with van der Waals surface area (Å²) in [6, 6.07) is 6.37. The lowest BCUT2D eigenvalue weighted by molar-refractivity contribution is -0.116. The van der Waals surface area contributed by atoms with E-state index in [9.17, 15) is 14.4 Å². The SMILES string of the molecule is CCOC(=O)c1sc(NC(=O)C[C@@H](C)NC(=O)c2cccc(-c3noc(C)n3)c2)nc1C. The summed E-state index contributed by atoms with van der Waals surface area (Å²) in [5.41, 5.74) is 1.55. The highest BCUT2D eigenvalue weighted by molar-refractivity contribution is 7.17. The smallest absolute Gasteiger partial charge is 0.350 e. The number of ether oxygens (including phenoxy) is 1. The molecule has 3 aromatic rings. The molecule has 168 valence electrons. The van der Waals surface area contributed by atoms with E-state index in [1.165, 1.54) is 0 Å². The average molecular weight is 458 g/mol. The number of rotatable bonds is 8. The number of carbonyl (C=O) groups excluding carboxylic acids is 3. The van der Waals surface area contributed by atoms with Gasteiger partial charge in [-0.05, 0) is 32.9 Å². The Kier molecular flexibility index (Phi) is 7.31. The molecule has 2 heterocycles. The summed E-state index contributed by atoms with van der Waals surface area (Å²) in [4.78, 5) is 45.5. The Morgan fingerprint density at radius 2 is 2.00 bits per heavy atom. The normalized spacial score (nSPS) is 11.6. The molecule has 11 heteroatoms. The van der Waals surface area contributed by atoms with Gasteiger partial charge in [-0.1, -0.05) is 28.6 Å². The summed E-state index contributed by atoms with van der Waals surface area (Å²) in [5, 5.41) is 9.61. The number of hydrogen-bond acceptors (Lipinski definition) is 9. The first-order chi connectivity index (χ1) is 15.3. The highest BCUT2D eigenvalue weighted by Gasteiger charge is 2.19. The first-order valence-electron chi connectivity index (χ1n) is 9.92. The monoisotopic (exact) mass is 457 g/mol. The van der Waals surface area contributed by atoms with Crippen LogP contribution in [0.1, 0.15) is 51.9 Å². The Hall–Kier alpha value is -3.60. The number of aryl methyl sites for hydroxylation is 2. The van der Waals surface area contributed by atoms with E-state index in [0.29, 0.717) is 38.5 Å². The van der Waals surface area contributed by atoms with Gasteiger partial charge in [0.2, 0.25) is 17.6 Å². The second-order valence-electron chi connectivity index (χ2n) is 7.00. The van der Waals surface area contributed by atoms with E-state index in [-0.39, 0.29) is 24.8 Å². The van der Waals surface area contributed by atoms with Gasteiger partial charge < -0.3 is 19.9 Å². The van der Waals surface area contributed by atoms with Gasteiger partial charge in [-0.2, -0.15) is 4.98 Å². The number of benzene rings is 1. The van der Waals surface area contributed by atoms with Crippen LogP contribution in [0.25, 0.3) is 11.4 Å². The summed E-state index contributed by atoms with van der Waals surface area (Å²) in [5.74, 6) is -0.313. The number of esters is 1. The second-order valence-corrected chi connectivity index (χ2v) is 8.00. The lowest BCUT2D eigenvalue weighted by atomic mass is 10.1. The van der Waals surface area contributed by atoms with Crippen molar-refractivity contribution >= 4 is 34.3 Å². The molecule has 3 rings (SSSR count). The van der Waals surface area contributed by atoms with Crippen LogP contribution in [0.15, 0.2) is 28.8 Å². The maximum atomic E-state index is 12.6. The molecule has 0 saturated carbocycles. The average Bonchev–Trinajstić information content (AvgIpc) is 3.33. The van der Waals surface area contributed by atoms with Crippen LogP contribution < -0.4 is 10.6 Å². The van der Waals surface area contributed by atoms with Gasteiger partial charge in [0.25, 0.3) is 5.91 Å². The number of nitrogens with zero attached hydrogens (tertiary/aromatic N) is 3. The van der Waals surface area contributed by atoms with E-state index in [4.69, 9.17) is 9.26 Å². The van der Waals surface area contributed by atoms with E-state index in [1.54, 1.807) is 52.0 Å². The van der Waals surface area contributed by atoms with Gasteiger partial charge in [-0.15, -0.1) is 0 Å². The van der Waals surface area contributed by atoms with E-state index >= 15 is 0 Å². The molecule has 0 aliphatic rings. The predicted molar refractivity (Wildman–Crippen MR) is 117 cm³/mol. The standard InChI is InChI=1S/C21H23N5O5S/c1-5-30-20(29)17-12(3)23-21(32-17)25-16(27)9-11(2)22-19(28)15-8-6-7-14(10-15)18-24-13(4)31-26-18/h6-8,10-11H,5,9H2,1-4H3,(H,22,28)(H,23,25,27)/t11-/m1/s1. The molecule has 2 N–H and O–H groups in total. The molecular weight excluding hydrogens is 434 g/mol. The number of amides is 2. The molecule has 2 aromatic heterocycles. The topological polar surface area (TPSA) is 136 Å². The van der Waals surface area contributed by atoms with Crippen molar-refractivity contribution in [3.05, 3.63) is 46.3 Å². The number of carbonyl (C=O) groups is 3.